The molecule has 0 fully saturated rings. The Hall–Kier alpha value is -1.42. The van der Waals surface area contributed by atoms with Crippen molar-refractivity contribution < 1.29 is 4.39 Å². The summed E-state index contributed by atoms with van der Waals surface area (Å²) in [5, 5.41) is 7.31. The van der Waals surface area contributed by atoms with E-state index in [1.54, 1.807) is 12.3 Å². The van der Waals surface area contributed by atoms with Crippen LogP contribution in [0.15, 0.2) is 18.3 Å². The van der Waals surface area contributed by atoms with Gasteiger partial charge in [-0.25, -0.2) is 4.39 Å². The summed E-state index contributed by atoms with van der Waals surface area (Å²) in [7, 11) is 0. The second-order valence-corrected chi connectivity index (χ2v) is 2.56. The molecule has 0 radical (unpaired) electrons. The molecule has 62 valence electrons. The van der Waals surface area contributed by atoms with Gasteiger partial charge in [0, 0.05) is 17.5 Å². The van der Waals surface area contributed by atoms with Gasteiger partial charge in [-0.15, -0.1) is 0 Å². The fourth-order valence-electron chi connectivity index (χ4n) is 1.26. The van der Waals surface area contributed by atoms with Crippen LogP contribution < -0.4 is 5.73 Å². The number of rotatable bonds is 1. The van der Waals surface area contributed by atoms with Gasteiger partial charge in [-0.2, -0.15) is 5.10 Å². The van der Waals surface area contributed by atoms with Gasteiger partial charge in [0.15, 0.2) is 0 Å². The minimum absolute atomic E-state index is 0.197. The molecular weight excluding hydrogens is 157 g/mol. The van der Waals surface area contributed by atoms with E-state index in [0.29, 0.717) is 5.56 Å². The van der Waals surface area contributed by atoms with Crippen molar-refractivity contribution in [2.45, 2.75) is 6.54 Å². The first-order valence-corrected chi connectivity index (χ1v) is 3.63. The van der Waals surface area contributed by atoms with Gasteiger partial charge in [-0.1, -0.05) is 0 Å². The largest absolute Gasteiger partial charge is 0.326 e. The van der Waals surface area contributed by atoms with E-state index in [1.165, 1.54) is 6.07 Å². The van der Waals surface area contributed by atoms with Gasteiger partial charge in [-0.05, 0) is 12.1 Å². The maximum absolute atomic E-state index is 13.1. The molecule has 0 spiro atoms. The molecule has 1 aromatic heterocycles. The van der Waals surface area contributed by atoms with Crippen LogP contribution in [0.2, 0.25) is 0 Å². The number of nitrogens with two attached hydrogens (primary N) is 1. The highest BCUT2D eigenvalue weighted by molar-refractivity contribution is 5.81. The number of nitrogens with zero attached hydrogens (tertiary/aromatic N) is 1. The molecule has 12 heavy (non-hydrogen) atoms. The number of aromatic nitrogens is 2. The molecule has 0 saturated heterocycles. The smallest absolute Gasteiger partial charge is 0.128 e. The Morgan fingerprint density at radius 1 is 1.50 bits per heavy atom. The van der Waals surface area contributed by atoms with Crippen LogP contribution in [0, 0.1) is 5.82 Å². The zero-order chi connectivity index (χ0) is 8.55. The lowest BCUT2D eigenvalue weighted by Crippen LogP contribution is -1.99. The van der Waals surface area contributed by atoms with Crippen LogP contribution in [0.1, 0.15) is 5.56 Å². The van der Waals surface area contributed by atoms with Crippen LogP contribution >= 0.6 is 0 Å². The van der Waals surface area contributed by atoms with E-state index in [9.17, 15) is 4.39 Å². The number of hydrogen-bond donors (Lipinski definition) is 2. The summed E-state index contributed by atoms with van der Waals surface area (Å²) in [5.74, 6) is -0.272. The standard InChI is InChI=1S/C8H8FN3/c9-7-1-2-8-6(4-11-12-8)5(7)3-10/h1-2,4H,3,10H2,(H,11,12). The summed E-state index contributed by atoms with van der Waals surface area (Å²) in [6, 6.07) is 3.04. The number of H-pyrrole nitrogens is 1. The number of halogens is 1. The van der Waals surface area contributed by atoms with Crippen molar-refractivity contribution >= 4 is 10.9 Å². The average Bonchev–Trinajstić information content (AvgIpc) is 2.52. The Kier molecular flexibility index (Phi) is 1.55. The van der Waals surface area contributed by atoms with E-state index in [1.807, 2.05) is 0 Å². The first kappa shape index (κ1) is 7.24. The molecule has 0 aliphatic carbocycles. The van der Waals surface area contributed by atoms with Crippen molar-refractivity contribution in [2.75, 3.05) is 0 Å². The number of benzene rings is 1. The third kappa shape index (κ3) is 0.887. The van der Waals surface area contributed by atoms with Crippen molar-refractivity contribution in [2.24, 2.45) is 5.73 Å². The Bertz CT molecular complexity index is 408. The zero-order valence-corrected chi connectivity index (χ0v) is 6.34. The monoisotopic (exact) mass is 165 g/mol. The Morgan fingerprint density at radius 3 is 3.08 bits per heavy atom. The lowest BCUT2D eigenvalue weighted by atomic mass is 10.1. The predicted octanol–water partition coefficient (Wildman–Crippen LogP) is 1.16. The minimum atomic E-state index is -0.272. The molecule has 3 N–H and O–H groups in total. The molecule has 0 aliphatic heterocycles. The fraction of sp³-hybridized carbons (Fsp3) is 0.125. The normalized spacial score (nSPS) is 10.8. The van der Waals surface area contributed by atoms with E-state index in [2.05, 4.69) is 10.2 Å². The van der Waals surface area contributed by atoms with E-state index >= 15 is 0 Å². The van der Waals surface area contributed by atoms with Crippen LogP contribution in [0.25, 0.3) is 10.9 Å². The number of aromatic amines is 1. The molecule has 4 heteroatoms. The molecule has 1 heterocycles. The lowest BCUT2D eigenvalue weighted by Gasteiger charge is -1.99. The van der Waals surface area contributed by atoms with Crippen molar-refractivity contribution in [1.29, 1.82) is 0 Å². The highest BCUT2D eigenvalue weighted by Gasteiger charge is 2.06. The second-order valence-electron chi connectivity index (χ2n) is 2.56. The molecule has 0 atom stereocenters. The predicted molar refractivity (Wildman–Crippen MR) is 43.9 cm³/mol. The minimum Gasteiger partial charge on any atom is -0.326 e. The second kappa shape index (κ2) is 2.57. The summed E-state index contributed by atoms with van der Waals surface area (Å²) < 4.78 is 13.1. The third-order valence-electron chi connectivity index (χ3n) is 1.88. The first-order chi connectivity index (χ1) is 5.83. The third-order valence-corrected chi connectivity index (χ3v) is 1.88. The van der Waals surface area contributed by atoms with Crippen molar-refractivity contribution in [3.8, 4) is 0 Å². The summed E-state index contributed by atoms with van der Waals surface area (Å²) in [5.41, 5.74) is 6.73. The van der Waals surface area contributed by atoms with E-state index < -0.39 is 0 Å². The van der Waals surface area contributed by atoms with Gasteiger partial charge in [0.05, 0.1) is 11.7 Å². The molecule has 2 rings (SSSR count). The fourth-order valence-corrected chi connectivity index (χ4v) is 1.26. The van der Waals surface area contributed by atoms with E-state index in [4.69, 9.17) is 5.73 Å². The van der Waals surface area contributed by atoms with Crippen LogP contribution in [-0.2, 0) is 6.54 Å². The lowest BCUT2D eigenvalue weighted by molar-refractivity contribution is 0.613. The van der Waals surface area contributed by atoms with Gasteiger partial charge < -0.3 is 5.73 Å². The molecule has 0 aliphatic rings. The Morgan fingerprint density at radius 2 is 2.33 bits per heavy atom. The van der Waals surface area contributed by atoms with Crippen LogP contribution in [-0.4, -0.2) is 10.2 Å². The highest BCUT2D eigenvalue weighted by atomic mass is 19.1. The summed E-state index contributed by atoms with van der Waals surface area (Å²) >= 11 is 0. The average molecular weight is 165 g/mol. The summed E-state index contributed by atoms with van der Waals surface area (Å²) in [6.45, 7) is 0.197. The molecule has 0 bridgehead atoms. The van der Waals surface area contributed by atoms with Gasteiger partial charge >= 0.3 is 0 Å². The Balaban J connectivity index is 2.83. The Labute approximate surface area is 68.4 Å². The maximum Gasteiger partial charge on any atom is 0.128 e. The van der Waals surface area contributed by atoms with Gasteiger partial charge in [0.25, 0.3) is 0 Å². The molecule has 1 aromatic carbocycles. The number of fused-ring (bicyclic) bond motifs is 1. The summed E-state index contributed by atoms with van der Waals surface area (Å²) in [4.78, 5) is 0. The van der Waals surface area contributed by atoms with Crippen molar-refractivity contribution in [3.63, 3.8) is 0 Å². The molecule has 0 saturated carbocycles. The SMILES string of the molecule is NCc1c(F)ccc2[nH]ncc12. The molecule has 3 nitrogen and oxygen atoms in total. The summed E-state index contributed by atoms with van der Waals surface area (Å²) in [6.07, 6.45) is 1.58. The van der Waals surface area contributed by atoms with Crippen molar-refractivity contribution in [1.82, 2.24) is 10.2 Å². The molecule has 2 aromatic rings. The molecule has 0 amide bonds. The zero-order valence-electron chi connectivity index (χ0n) is 6.34. The molecule has 0 unspecified atom stereocenters. The van der Waals surface area contributed by atoms with Crippen LogP contribution in [0.3, 0.4) is 0 Å². The number of hydrogen-bond acceptors (Lipinski definition) is 2. The topological polar surface area (TPSA) is 54.7 Å². The highest BCUT2D eigenvalue weighted by Crippen LogP contribution is 2.18. The quantitative estimate of drug-likeness (QED) is 0.666. The maximum atomic E-state index is 13.1. The van der Waals surface area contributed by atoms with Crippen molar-refractivity contribution in [3.05, 3.63) is 29.7 Å². The van der Waals surface area contributed by atoms with E-state index in [-0.39, 0.29) is 12.4 Å². The van der Waals surface area contributed by atoms with Crippen LogP contribution in [0.5, 0.6) is 0 Å². The van der Waals surface area contributed by atoms with Crippen LogP contribution in [0.4, 0.5) is 4.39 Å². The van der Waals surface area contributed by atoms with Gasteiger partial charge in [0.1, 0.15) is 5.82 Å². The molecular formula is C8H8FN3. The number of nitrogens with one attached hydrogen (secondary N) is 1. The van der Waals surface area contributed by atoms with Gasteiger partial charge in [-0.3, -0.25) is 5.10 Å². The van der Waals surface area contributed by atoms with E-state index in [0.717, 1.165) is 10.9 Å². The first-order valence-electron chi connectivity index (χ1n) is 3.63. The van der Waals surface area contributed by atoms with Gasteiger partial charge in [0.2, 0.25) is 0 Å².